The van der Waals surface area contributed by atoms with Gasteiger partial charge in [0.15, 0.2) is 16.3 Å². The van der Waals surface area contributed by atoms with Crippen LogP contribution < -0.4 is 5.32 Å². The van der Waals surface area contributed by atoms with Crippen LogP contribution in [0.2, 0.25) is 0 Å². The molecule has 0 fully saturated rings. The average Bonchev–Trinajstić information content (AvgIpc) is 2.81. The first-order valence-electron chi connectivity index (χ1n) is 12.8. The first-order valence-corrected chi connectivity index (χ1v) is 14.0. The molecule has 0 aliphatic rings. The third-order valence-electron chi connectivity index (χ3n) is 6.75. The van der Waals surface area contributed by atoms with Gasteiger partial charge < -0.3 is 14.8 Å². The maximum atomic E-state index is 13.5. The van der Waals surface area contributed by atoms with Gasteiger partial charge in [0.25, 0.3) is 0 Å². The molecular formula is C31H40N2O3S. The van der Waals surface area contributed by atoms with Crippen LogP contribution in [0.3, 0.4) is 0 Å². The molecule has 2 N–H and O–H groups in total. The minimum absolute atomic E-state index is 0.0585. The number of anilines is 1. The number of benzene rings is 3. The van der Waals surface area contributed by atoms with Gasteiger partial charge in [-0.2, -0.15) is 0 Å². The number of aryl methyl sites for hydroxylation is 2. The molecule has 1 amide bonds. The Hall–Kier alpha value is -2.80. The highest BCUT2D eigenvalue weighted by Gasteiger charge is 2.33. The summed E-state index contributed by atoms with van der Waals surface area (Å²) in [6.07, 6.45) is 0. The van der Waals surface area contributed by atoms with E-state index in [1.54, 1.807) is 0 Å². The van der Waals surface area contributed by atoms with Crippen LogP contribution in [0.4, 0.5) is 5.69 Å². The normalized spacial score (nSPS) is 13.3. The molecule has 2 unspecified atom stereocenters. The quantitative estimate of drug-likeness (QED) is 0.293. The topological polar surface area (TPSA) is 69.6 Å². The van der Waals surface area contributed by atoms with Crippen LogP contribution in [0.25, 0.3) is 11.1 Å². The van der Waals surface area contributed by atoms with Gasteiger partial charge in [0.2, 0.25) is 5.91 Å². The maximum Gasteiger partial charge on any atom is 0.247 e. The van der Waals surface area contributed by atoms with Gasteiger partial charge in [0, 0.05) is 12.2 Å². The molecule has 0 aromatic heterocycles. The fourth-order valence-electron chi connectivity index (χ4n) is 4.63. The number of carbonyl (C=O) groups is 1. The number of nitrogens with one attached hydrogen (secondary N) is 1. The van der Waals surface area contributed by atoms with Gasteiger partial charge in [-0.15, -0.1) is 0 Å². The van der Waals surface area contributed by atoms with E-state index in [2.05, 4.69) is 82.1 Å². The minimum Gasteiger partial charge on any atom is -0.325 e. The fourth-order valence-corrected chi connectivity index (χ4v) is 5.35. The molecule has 0 saturated heterocycles. The summed E-state index contributed by atoms with van der Waals surface area (Å²) < 4.78 is 23.2. The fraction of sp³-hybridized carbons (Fsp3) is 0.387. The van der Waals surface area contributed by atoms with Gasteiger partial charge in [-0.25, -0.2) is 4.21 Å². The lowest BCUT2D eigenvalue weighted by atomic mass is 9.83. The van der Waals surface area contributed by atoms with Crippen LogP contribution in [0.15, 0.2) is 54.6 Å². The summed E-state index contributed by atoms with van der Waals surface area (Å²) in [6.45, 7) is 13.2. The van der Waals surface area contributed by atoms with Gasteiger partial charge in [-0.3, -0.25) is 4.79 Å². The standard InChI is InChI=1S/C31H40N2O3S/c1-19(2)27-16-25(24-12-9-21(5)22(6)15-24)17-28(20(3)4)29(27)30(37(35)36)31(34)32-26-13-10-23(11-14-26)18-33(7)8/h9-17,19-20,30H,18H2,1-8H3,(H,32,34)(H,35,36). The molecule has 0 aliphatic heterocycles. The molecule has 6 heteroatoms. The molecule has 198 valence electrons. The molecule has 0 radical (unpaired) electrons. The van der Waals surface area contributed by atoms with Crippen molar-refractivity contribution in [2.75, 3.05) is 19.4 Å². The second-order valence-electron chi connectivity index (χ2n) is 10.8. The molecule has 3 rings (SSSR count). The number of hydrogen-bond donors (Lipinski definition) is 2. The van der Waals surface area contributed by atoms with Gasteiger partial charge in [0.05, 0.1) is 0 Å². The van der Waals surface area contributed by atoms with Crippen molar-refractivity contribution in [3.63, 3.8) is 0 Å². The molecule has 0 bridgehead atoms. The first-order chi connectivity index (χ1) is 17.4. The highest BCUT2D eigenvalue weighted by Crippen LogP contribution is 2.39. The van der Waals surface area contributed by atoms with E-state index in [9.17, 15) is 13.6 Å². The molecule has 3 aromatic carbocycles. The monoisotopic (exact) mass is 520 g/mol. The Kier molecular flexibility index (Phi) is 9.46. The molecule has 37 heavy (non-hydrogen) atoms. The molecular weight excluding hydrogens is 480 g/mol. The van der Waals surface area contributed by atoms with Crippen LogP contribution in [0, 0.1) is 13.8 Å². The number of nitrogens with zero attached hydrogens (tertiary/aromatic N) is 1. The van der Waals surface area contributed by atoms with E-state index in [1.165, 1.54) is 11.1 Å². The van der Waals surface area contributed by atoms with Crippen molar-refractivity contribution in [2.45, 2.75) is 65.2 Å². The lowest BCUT2D eigenvalue weighted by Gasteiger charge is -2.26. The summed E-state index contributed by atoms with van der Waals surface area (Å²) in [5, 5.41) is 1.69. The van der Waals surface area contributed by atoms with Crippen LogP contribution in [0.1, 0.15) is 78.2 Å². The lowest BCUT2D eigenvalue weighted by molar-refractivity contribution is -0.116. The zero-order chi connectivity index (χ0) is 27.4. The number of hydrogen-bond acceptors (Lipinski definition) is 3. The van der Waals surface area contributed by atoms with Crippen molar-refractivity contribution in [1.82, 2.24) is 4.90 Å². The molecule has 0 spiro atoms. The van der Waals surface area contributed by atoms with Crippen LogP contribution in [-0.4, -0.2) is 33.7 Å². The van der Waals surface area contributed by atoms with Gasteiger partial charge in [0.1, 0.15) is 0 Å². The van der Waals surface area contributed by atoms with Gasteiger partial charge in [-0.1, -0.05) is 70.2 Å². The minimum atomic E-state index is -2.40. The predicted molar refractivity (Wildman–Crippen MR) is 156 cm³/mol. The zero-order valence-corrected chi connectivity index (χ0v) is 24.1. The van der Waals surface area contributed by atoms with Crippen molar-refractivity contribution in [3.8, 4) is 11.1 Å². The molecule has 3 aromatic rings. The van der Waals surface area contributed by atoms with Crippen LogP contribution in [-0.2, 0) is 22.4 Å². The van der Waals surface area contributed by atoms with E-state index in [0.29, 0.717) is 11.3 Å². The van der Waals surface area contributed by atoms with Gasteiger partial charge in [-0.05, 0) is 96.4 Å². The number of rotatable bonds is 9. The van der Waals surface area contributed by atoms with Gasteiger partial charge >= 0.3 is 0 Å². The van der Waals surface area contributed by atoms with Crippen molar-refractivity contribution >= 4 is 22.7 Å². The smallest absolute Gasteiger partial charge is 0.247 e. The third kappa shape index (κ3) is 6.95. The molecule has 0 heterocycles. The molecule has 0 aliphatic carbocycles. The predicted octanol–water partition coefficient (Wildman–Crippen LogP) is 7.18. The Balaban J connectivity index is 2.09. The second kappa shape index (κ2) is 12.2. The summed E-state index contributed by atoms with van der Waals surface area (Å²) >= 11 is -2.40. The largest absolute Gasteiger partial charge is 0.325 e. The van der Waals surface area contributed by atoms with Crippen molar-refractivity contribution < 1.29 is 13.6 Å². The van der Waals surface area contributed by atoms with Crippen molar-refractivity contribution in [1.29, 1.82) is 0 Å². The first kappa shape index (κ1) is 28.8. The highest BCUT2D eigenvalue weighted by atomic mass is 32.2. The Bertz CT molecular complexity index is 1250. The Morgan fingerprint density at radius 1 is 0.865 bits per heavy atom. The van der Waals surface area contributed by atoms with E-state index < -0.39 is 22.2 Å². The van der Waals surface area contributed by atoms with Crippen LogP contribution in [0.5, 0.6) is 0 Å². The lowest BCUT2D eigenvalue weighted by Crippen LogP contribution is -2.27. The third-order valence-corrected chi connectivity index (χ3v) is 7.60. The Labute approximate surface area is 224 Å². The van der Waals surface area contributed by atoms with Crippen LogP contribution >= 0.6 is 0 Å². The zero-order valence-electron chi connectivity index (χ0n) is 23.3. The number of carbonyl (C=O) groups excluding carboxylic acids is 1. The summed E-state index contributed by atoms with van der Waals surface area (Å²) in [7, 11) is 4.00. The molecule has 0 saturated carbocycles. The van der Waals surface area contributed by atoms with Crippen molar-refractivity contribution in [2.24, 2.45) is 0 Å². The molecule has 2 atom stereocenters. The Morgan fingerprint density at radius 2 is 1.43 bits per heavy atom. The van der Waals surface area contributed by atoms with E-state index in [-0.39, 0.29) is 11.8 Å². The Morgan fingerprint density at radius 3 is 1.89 bits per heavy atom. The highest BCUT2D eigenvalue weighted by molar-refractivity contribution is 7.80. The number of amides is 1. The summed E-state index contributed by atoms with van der Waals surface area (Å²) in [4.78, 5) is 15.6. The van der Waals surface area contributed by atoms with E-state index in [0.717, 1.165) is 34.4 Å². The van der Waals surface area contributed by atoms with E-state index in [4.69, 9.17) is 0 Å². The van der Waals surface area contributed by atoms with E-state index in [1.807, 2.05) is 38.4 Å². The average molecular weight is 521 g/mol. The molecule has 5 nitrogen and oxygen atoms in total. The van der Waals surface area contributed by atoms with E-state index >= 15 is 0 Å². The maximum absolute atomic E-state index is 13.5. The summed E-state index contributed by atoms with van der Waals surface area (Å²) in [5.41, 5.74) is 8.82. The second-order valence-corrected chi connectivity index (χ2v) is 11.8. The summed E-state index contributed by atoms with van der Waals surface area (Å²) in [6, 6.07) is 18.2. The van der Waals surface area contributed by atoms with Crippen molar-refractivity contribution in [3.05, 3.63) is 88.0 Å². The SMILES string of the molecule is Cc1ccc(-c2cc(C(C)C)c(C(C(=O)Nc3ccc(CN(C)C)cc3)S(=O)O)c(C(C)C)c2)cc1C. The summed E-state index contributed by atoms with van der Waals surface area (Å²) in [5.74, 6) is -0.366.